The minimum absolute atomic E-state index is 0.205. The number of aromatic nitrogens is 2. The zero-order valence-electron chi connectivity index (χ0n) is 18.1. The lowest BCUT2D eigenvalue weighted by atomic mass is 10.1. The lowest BCUT2D eigenvalue weighted by molar-refractivity contribution is 0.0629. The molecule has 0 saturated carbocycles. The van der Waals surface area contributed by atoms with E-state index in [-0.39, 0.29) is 6.61 Å². The number of hydrogen-bond acceptors (Lipinski definition) is 7. The fraction of sp³-hybridized carbons (Fsp3) is 0.280. The van der Waals surface area contributed by atoms with Crippen molar-refractivity contribution in [1.82, 2.24) is 15.0 Å². The van der Waals surface area contributed by atoms with Gasteiger partial charge >= 0.3 is 0 Å². The zero-order valence-corrected chi connectivity index (χ0v) is 18.1. The smallest absolute Gasteiger partial charge is 0.228 e. The van der Waals surface area contributed by atoms with Gasteiger partial charge in [-0.15, -0.1) is 0 Å². The van der Waals surface area contributed by atoms with Gasteiger partial charge in [0.2, 0.25) is 11.7 Å². The molecule has 1 N–H and O–H groups in total. The number of ether oxygens (including phenoxy) is 1. The Labute approximate surface area is 187 Å². The van der Waals surface area contributed by atoms with Crippen LogP contribution in [0.1, 0.15) is 17.2 Å². The molecule has 0 bridgehead atoms. The minimum Gasteiger partial charge on any atom is -0.491 e. The van der Waals surface area contributed by atoms with Crippen LogP contribution in [-0.4, -0.2) is 45.9 Å². The Bertz CT molecular complexity index is 1060. The van der Waals surface area contributed by atoms with Crippen molar-refractivity contribution in [2.45, 2.75) is 26.0 Å². The Morgan fingerprint density at radius 1 is 1.03 bits per heavy atom. The van der Waals surface area contributed by atoms with Crippen molar-refractivity contribution in [2.75, 3.05) is 19.7 Å². The molecule has 0 aliphatic rings. The molecule has 32 heavy (non-hydrogen) atoms. The fourth-order valence-electron chi connectivity index (χ4n) is 3.35. The molecule has 4 rings (SSSR count). The summed E-state index contributed by atoms with van der Waals surface area (Å²) in [5.41, 5.74) is 2.10. The first-order chi connectivity index (χ1) is 15.7. The standard InChI is InChI=1S/C25H27N3O4/c1-19-9-11-20(12-10-19)25-26-24(32-27-25)13-14-28(17-23-8-5-15-30-23)16-21(29)18-31-22-6-3-2-4-7-22/h2-12,15,21,29H,13-14,16-18H2,1H3. The molecule has 166 valence electrons. The Morgan fingerprint density at radius 3 is 2.59 bits per heavy atom. The van der Waals surface area contributed by atoms with E-state index >= 15 is 0 Å². The van der Waals surface area contributed by atoms with Gasteiger partial charge in [0, 0.05) is 25.1 Å². The van der Waals surface area contributed by atoms with Gasteiger partial charge in [-0.2, -0.15) is 4.98 Å². The van der Waals surface area contributed by atoms with Crippen LogP contribution in [0.25, 0.3) is 11.4 Å². The highest BCUT2D eigenvalue weighted by Gasteiger charge is 2.16. The van der Waals surface area contributed by atoms with Crippen LogP contribution in [-0.2, 0) is 13.0 Å². The van der Waals surface area contributed by atoms with E-state index in [1.54, 1.807) is 6.26 Å². The van der Waals surface area contributed by atoms with Gasteiger partial charge in [-0.25, -0.2) is 0 Å². The molecule has 1 atom stereocenters. The number of nitrogens with zero attached hydrogens (tertiary/aromatic N) is 3. The molecular weight excluding hydrogens is 406 g/mol. The second-order valence-electron chi connectivity index (χ2n) is 7.72. The summed E-state index contributed by atoms with van der Waals surface area (Å²) in [4.78, 5) is 6.61. The van der Waals surface area contributed by atoms with Gasteiger partial charge in [-0.3, -0.25) is 4.90 Å². The molecule has 0 fully saturated rings. The van der Waals surface area contributed by atoms with E-state index in [0.29, 0.717) is 37.8 Å². The molecule has 1 unspecified atom stereocenters. The number of rotatable bonds is 11. The molecular formula is C25H27N3O4. The highest BCUT2D eigenvalue weighted by Crippen LogP contribution is 2.17. The van der Waals surface area contributed by atoms with E-state index in [1.165, 1.54) is 5.56 Å². The molecule has 0 spiro atoms. The third kappa shape index (κ3) is 6.29. The lowest BCUT2D eigenvalue weighted by Gasteiger charge is -2.23. The number of aliphatic hydroxyl groups is 1. The maximum Gasteiger partial charge on any atom is 0.228 e. The molecule has 2 aromatic carbocycles. The molecule has 7 heteroatoms. The van der Waals surface area contributed by atoms with E-state index in [2.05, 4.69) is 15.0 Å². The summed E-state index contributed by atoms with van der Waals surface area (Å²) >= 11 is 0. The third-order valence-corrected chi connectivity index (χ3v) is 5.03. The molecule has 2 aromatic heterocycles. The number of hydrogen-bond donors (Lipinski definition) is 1. The third-order valence-electron chi connectivity index (χ3n) is 5.03. The van der Waals surface area contributed by atoms with Crippen molar-refractivity contribution >= 4 is 0 Å². The maximum atomic E-state index is 10.5. The highest BCUT2D eigenvalue weighted by molar-refractivity contribution is 5.54. The molecule has 0 aliphatic heterocycles. The van der Waals surface area contributed by atoms with Crippen LogP contribution < -0.4 is 4.74 Å². The van der Waals surface area contributed by atoms with E-state index < -0.39 is 6.10 Å². The monoisotopic (exact) mass is 433 g/mol. The summed E-state index contributed by atoms with van der Waals surface area (Å²) in [5, 5.41) is 14.6. The van der Waals surface area contributed by atoms with Gasteiger partial charge in [0.1, 0.15) is 24.2 Å². The van der Waals surface area contributed by atoms with Crippen molar-refractivity contribution in [3.05, 3.63) is 90.2 Å². The summed E-state index contributed by atoms with van der Waals surface area (Å²) in [6.45, 7) is 3.86. The first-order valence-electron chi connectivity index (χ1n) is 10.7. The number of furan rings is 1. The fourth-order valence-corrected chi connectivity index (χ4v) is 3.35. The van der Waals surface area contributed by atoms with E-state index in [9.17, 15) is 5.11 Å². The van der Waals surface area contributed by atoms with Crippen LogP contribution >= 0.6 is 0 Å². The van der Waals surface area contributed by atoms with Crippen molar-refractivity contribution in [2.24, 2.45) is 0 Å². The lowest BCUT2D eigenvalue weighted by Crippen LogP contribution is -2.36. The molecule has 2 heterocycles. The van der Waals surface area contributed by atoms with E-state index in [4.69, 9.17) is 13.7 Å². The molecule has 4 aromatic rings. The predicted octanol–water partition coefficient (Wildman–Crippen LogP) is 4.12. The number of benzene rings is 2. The van der Waals surface area contributed by atoms with Crippen LogP contribution in [0.3, 0.4) is 0 Å². The highest BCUT2D eigenvalue weighted by atomic mass is 16.5. The summed E-state index contributed by atoms with van der Waals surface area (Å²) in [6, 6.07) is 21.3. The first kappa shape index (κ1) is 21.8. The van der Waals surface area contributed by atoms with Gasteiger partial charge in [-0.05, 0) is 31.2 Å². The summed E-state index contributed by atoms with van der Waals surface area (Å²) < 4.78 is 16.6. The van der Waals surface area contributed by atoms with Crippen LogP contribution in [0.4, 0.5) is 0 Å². The topological polar surface area (TPSA) is 84.8 Å². The number of aryl methyl sites for hydroxylation is 1. The minimum atomic E-state index is -0.657. The Hall–Kier alpha value is -3.42. The number of para-hydroxylation sites is 1. The van der Waals surface area contributed by atoms with E-state index in [0.717, 1.165) is 17.1 Å². The Balaban J connectivity index is 1.34. The van der Waals surface area contributed by atoms with Gasteiger partial charge < -0.3 is 18.8 Å². The van der Waals surface area contributed by atoms with Crippen LogP contribution in [0.5, 0.6) is 5.75 Å². The van der Waals surface area contributed by atoms with Gasteiger partial charge in [0.15, 0.2) is 0 Å². The molecule has 0 amide bonds. The van der Waals surface area contributed by atoms with Crippen molar-refractivity contribution in [3.8, 4) is 17.1 Å². The van der Waals surface area contributed by atoms with Gasteiger partial charge in [-0.1, -0.05) is 53.2 Å². The second kappa shape index (κ2) is 10.7. The first-order valence-corrected chi connectivity index (χ1v) is 10.7. The summed E-state index contributed by atoms with van der Waals surface area (Å²) in [5.74, 6) is 2.69. The van der Waals surface area contributed by atoms with Crippen LogP contribution in [0.2, 0.25) is 0 Å². The average Bonchev–Trinajstić information content (AvgIpc) is 3.50. The Morgan fingerprint density at radius 2 is 1.84 bits per heavy atom. The predicted molar refractivity (Wildman–Crippen MR) is 120 cm³/mol. The summed E-state index contributed by atoms with van der Waals surface area (Å²) in [7, 11) is 0. The SMILES string of the molecule is Cc1ccc(-c2noc(CCN(Cc3ccco3)CC(O)COc3ccccc3)n2)cc1. The van der Waals surface area contributed by atoms with Crippen molar-refractivity contribution in [3.63, 3.8) is 0 Å². The molecule has 7 nitrogen and oxygen atoms in total. The zero-order chi connectivity index (χ0) is 22.2. The quantitative estimate of drug-likeness (QED) is 0.381. The van der Waals surface area contributed by atoms with Gasteiger partial charge in [0.05, 0.1) is 12.8 Å². The van der Waals surface area contributed by atoms with Crippen LogP contribution in [0.15, 0.2) is 81.9 Å². The number of aliphatic hydroxyl groups excluding tert-OH is 1. The van der Waals surface area contributed by atoms with Gasteiger partial charge in [0.25, 0.3) is 0 Å². The van der Waals surface area contributed by atoms with Crippen LogP contribution in [0, 0.1) is 6.92 Å². The normalized spacial score (nSPS) is 12.2. The second-order valence-corrected chi connectivity index (χ2v) is 7.72. The van der Waals surface area contributed by atoms with Crippen molar-refractivity contribution in [1.29, 1.82) is 0 Å². The summed E-state index contributed by atoms with van der Waals surface area (Å²) in [6.07, 6.45) is 1.55. The Kier molecular flexibility index (Phi) is 7.32. The molecule has 0 aliphatic carbocycles. The van der Waals surface area contributed by atoms with E-state index in [1.807, 2.05) is 73.7 Å². The average molecular weight is 434 g/mol. The maximum absolute atomic E-state index is 10.5. The molecule has 0 saturated heterocycles. The molecule has 0 radical (unpaired) electrons. The van der Waals surface area contributed by atoms with Crippen molar-refractivity contribution < 1.29 is 18.8 Å². The largest absolute Gasteiger partial charge is 0.491 e.